The molecule has 0 aliphatic carbocycles. The Kier molecular flexibility index (Phi) is 6.19. The highest BCUT2D eigenvalue weighted by atomic mass is 32.2. The van der Waals surface area contributed by atoms with Crippen LogP contribution >= 0.6 is 11.8 Å². The lowest BCUT2D eigenvalue weighted by atomic mass is 10.0. The van der Waals surface area contributed by atoms with E-state index in [4.69, 9.17) is 4.74 Å². The second-order valence-corrected chi connectivity index (χ2v) is 8.72. The van der Waals surface area contributed by atoms with Gasteiger partial charge in [-0.25, -0.2) is 0 Å². The van der Waals surface area contributed by atoms with Crippen LogP contribution in [0.2, 0.25) is 0 Å². The van der Waals surface area contributed by atoms with Crippen molar-refractivity contribution in [3.8, 4) is 5.75 Å². The maximum atomic E-state index is 12.9. The van der Waals surface area contributed by atoms with Crippen molar-refractivity contribution in [2.24, 2.45) is 0 Å². The third-order valence-corrected chi connectivity index (χ3v) is 6.30. The predicted octanol–water partition coefficient (Wildman–Crippen LogP) is 5.21. The fourth-order valence-corrected chi connectivity index (χ4v) is 4.54. The minimum Gasteiger partial charge on any atom is -0.484 e. The number of thioether (sulfide) groups is 1. The summed E-state index contributed by atoms with van der Waals surface area (Å²) in [4.78, 5) is 28.3. The van der Waals surface area contributed by atoms with Gasteiger partial charge in [0.2, 0.25) is 0 Å². The summed E-state index contributed by atoms with van der Waals surface area (Å²) < 4.78 is 5.73. The zero-order chi connectivity index (χ0) is 20.9. The Morgan fingerprint density at radius 2 is 1.60 bits per heavy atom. The molecule has 0 radical (unpaired) electrons. The molecule has 0 unspecified atom stereocenters. The van der Waals surface area contributed by atoms with E-state index in [-0.39, 0.29) is 18.3 Å². The highest BCUT2D eigenvalue weighted by Crippen LogP contribution is 2.37. The highest BCUT2D eigenvalue weighted by Gasteiger charge is 2.24. The number of ether oxygens (including phenoxy) is 1. The van der Waals surface area contributed by atoms with Gasteiger partial charge in [0.15, 0.2) is 12.4 Å². The summed E-state index contributed by atoms with van der Waals surface area (Å²) in [6, 6.07) is 24.1. The molecular formula is C25H23NO3S. The number of para-hydroxylation sites is 1. The Morgan fingerprint density at radius 1 is 0.933 bits per heavy atom. The molecule has 3 aromatic carbocycles. The molecule has 30 heavy (non-hydrogen) atoms. The minimum atomic E-state index is -0.0680. The number of benzene rings is 3. The third-order valence-electron chi connectivity index (χ3n) is 5.06. The van der Waals surface area contributed by atoms with Crippen molar-refractivity contribution < 1.29 is 14.3 Å². The fraction of sp³-hybridized carbons (Fsp3) is 0.200. The SMILES string of the molecule is C[C@@H]1CCN(C(=O)COc2ccc(C(=O)c3ccccc3)cc2)c2ccccc2S1. The summed E-state index contributed by atoms with van der Waals surface area (Å²) in [5.41, 5.74) is 2.19. The van der Waals surface area contributed by atoms with Crippen LogP contribution in [0.3, 0.4) is 0 Å². The summed E-state index contributed by atoms with van der Waals surface area (Å²) in [5.74, 6) is 0.464. The molecule has 1 heterocycles. The Labute approximate surface area is 180 Å². The van der Waals surface area contributed by atoms with Crippen molar-refractivity contribution in [1.82, 2.24) is 0 Å². The van der Waals surface area contributed by atoms with Crippen molar-refractivity contribution in [3.05, 3.63) is 90.0 Å². The number of amides is 1. The van der Waals surface area contributed by atoms with E-state index >= 15 is 0 Å². The van der Waals surface area contributed by atoms with Crippen LogP contribution in [0.5, 0.6) is 5.75 Å². The first kappa shape index (κ1) is 20.2. The van der Waals surface area contributed by atoms with E-state index in [0.717, 1.165) is 17.0 Å². The van der Waals surface area contributed by atoms with Gasteiger partial charge in [0.1, 0.15) is 5.75 Å². The molecule has 0 fully saturated rings. The maximum Gasteiger partial charge on any atom is 0.264 e. The molecule has 0 saturated carbocycles. The number of anilines is 1. The average Bonchev–Trinajstić information content (AvgIpc) is 2.96. The van der Waals surface area contributed by atoms with Crippen molar-refractivity contribution in [2.75, 3.05) is 18.1 Å². The van der Waals surface area contributed by atoms with Crippen LogP contribution in [0, 0.1) is 0 Å². The van der Waals surface area contributed by atoms with Crippen molar-refractivity contribution in [1.29, 1.82) is 0 Å². The molecule has 0 aromatic heterocycles. The van der Waals surface area contributed by atoms with E-state index in [0.29, 0.717) is 28.7 Å². The second-order valence-electron chi connectivity index (χ2n) is 7.24. The van der Waals surface area contributed by atoms with Gasteiger partial charge in [0, 0.05) is 27.8 Å². The topological polar surface area (TPSA) is 46.6 Å². The largest absolute Gasteiger partial charge is 0.484 e. The van der Waals surface area contributed by atoms with Crippen molar-refractivity contribution in [3.63, 3.8) is 0 Å². The molecule has 3 aromatic rings. The van der Waals surface area contributed by atoms with Crippen molar-refractivity contribution in [2.45, 2.75) is 23.5 Å². The zero-order valence-corrected chi connectivity index (χ0v) is 17.6. The standard InChI is InChI=1S/C25H23NO3S/c1-18-15-16-26(22-9-5-6-10-23(22)30-18)24(27)17-29-21-13-11-20(12-14-21)25(28)19-7-3-2-4-8-19/h2-14,18H,15-17H2,1H3/t18-/m1/s1. The van der Waals surface area contributed by atoms with E-state index < -0.39 is 0 Å². The maximum absolute atomic E-state index is 12.9. The van der Waals surface area contributed by atoms with Crippen LogP contribution in [0.25, 0.3) is 0 Å². The monoisotopic (exact) mass is 417 g/mol. The number of fused-ring (bicyclic) bond motifs is 1. The molecule has 4 nitrogen and oxygen atoms in total. The number of carbonyl (C=O) groups is 2. The van der Waals surface area contributed by atoms with E-state index in [9.17, 15) is 9.59 Å². The number of carbonyl (C=O) groups excluding carboxylic acids is 2. The van der Waals surface area contributed by atoms with Gasteiger partial charge in [-0.2, -0.15) is 0 Å². The number of hydrogen-bond acceptors (Lipinski definition) is 4. The molecule has 1 amide bonds. The lowest BCUT2D eigenvalue weighted by Crippen LogP contribution is -2.36. The van der Waals surface area contributed by atoms with E-state index in [1.807, 2.05) is 41.3 Å². The number of rotatable bonds is 5. The number of hydrogen-bond donors (Lipinski definition) is 0. The molecule has 0 bridgehead atoms. The fourth-order valence-electron chi connectivity index (χ4n) is 3.43. The summed E-state index contributed by atoms with van der Waals surface area (Å²) in [5, 5.41) is 0.458. The highest BCUT2D eigenvalue weighted by molar-refractivity contribution is 8.00. The lowest BCUT2D eigenvalue weighted by Gasteiger charge is -2.22. The Hall–Kier alpha value is -3.05. The van der Waals surface area contributed by atoms with Crippen LogP contribution in [0.1, 0.15) is 29.3 Å². The van der Waals surface area contributed by atoms with Crippen LogP contribution < -0.4 is 9.64 Å². The van der Waals surface area contributed by atoms with E-state index in [1.165, 1.54) is 0 Å². The normalized spacial score (nSPS) is 15.8. The molecule has 0 spiro atoms. The van der Waals surface area contributed by atoms with Crippen LogP contribution in [0.15, 0.2) is 83.8 Å². The Morgan fingerprint density at radius 3 is 2.37 bits per heavy atom. The van der Waals surface area contributed by atoms with Gasteiger partial charge in [-0.1, -0.05) is 49.4 Å². The molecule has 152 valence electrons. The van der Waals surface area contributed by atoms with Crippen LogP contribution in [0.4, 0.5) is 5.69 Å². The van der Waals surface area contributed by atoms with Crippen molar-refractivity contribution >= 4 is 29.1 Å². The summed E-state index contributed by atoms with van der Waals surface area (Å²) in [7, 11) is 0. The molecule has 5 heteroatoms. The van der Waals surface area contributed by atoms with Gasteiger partial charge in [-0.15, -0.1) is 11.8 Å². The van der Waals surface area contributed by atoms with Crippen LogP contribution in [-0.2, 0) is 4.79 Å². The van der Waals surface area contributed by atoms with Gasteiger partial charge < -0.3 is 9.64 Å². The molecule has 1 atom stereocenters. The Bertz CT molecular complexity index is 1030. The van der Waals surface area contributed by atoms with Gasteiger partial charge in [0.25, 0.3) is 5.91 Å². The average molecular weight is 418 g/mol. The molecule has 4 rings (SSSR count). The third kappa shape index (κ3) is 4.57. The van der Waals surface area contributed by atoms with Gasteiger partial charge in [-0.05, 0) is 42.8 Å². The summed E-state index contributed by atoms with van der Waals surface area (Å²) >= 11 is 1.80. The predicted molar refractivity (Wildman–Crippen MR) is 121 cm³/mol. The van der Waals surface area contributed by atoms with Gasteiger partial charge in [-0.3, -0.25) is 9.59 Å². The number of nitrogens with zero attached hydrogens (tertiary/aromatic N) is 1. The quantitative estimate of drug-likeness (QED) is 0.535. The van der Waals surface area contributed by atoms with E-state index in [1.54, 1.807) is 48.2 Å². The summed E-state index contributed by atoms with van der Waals surface area (Å²) in [6.45, 7) is 2.82. The Balaban J connectivity index is 1.41. The summed E-state index contributed by atoms with van der Waals surface area (Å²) in [6.07, 6.45) is 0.932. The first-order valence-corrected chi connectivity index (χ1v) is 10.9. The minimum absolute atomic E-state index is 0.0361. The van der Waals surface area contributed by atoms with Gasteiger partial charge in [0.05, 0.1) is 5.69 Å². The molecule has 0 N–H and O–H groups in total. The first-order valence-electron chi connectivity index (χ1n) is 10.0. The van der Waals surface area contributed by atoms with Gasteiger partial charge >= 0.3 is 0 Å². The smallest absolute Gasteiger partial charge is 0.264 e. The zero-order valence-electron chi connectivity index (χ0n) is 16.8. The number of ketones is 1. The first-order chi connectivity index (χ1) is 14.6. The molecule has 1 aliphatic heterocycles. The second kappa shape index (κ2) is 9.18. The van der Waals surface area contributed by atoms with Crippen LogP contribution in [-0.4, -0.2) is 30.1 Å². The molecule has 0 saturated heterocycles. The lowest BCUT2D eigenvalue weighted by molar-refractivity contribution is -0.120. The molecular weight excluding hydrogens is 394 g/mol. The van der Waals surface area contributed by atoms with E-state index in [2.05, 4.69) is 13.0 Å². The molecule has 1 aliphatic rings.